The van der Waals surface area contributed by atoms with Crippen molar-refractivity contribution >= 4 is 11.8 Å². The lowest BCUT2D eigenvalue weighted by molar-refractivity contribution is -0.142. The number of carboxylic acids is 1. The molecule has 0 aromatic heterocycles. The zero-order chi connectivity index (χ0) is 13.5. The zero-order valence-electron chi connectivity index (χ0n) is 10.2. The fraction of sp³-hybridized carbons (Fsp3) is 0.636. The van der Waals surface area contributed by atoms with Crippen molar-refractivity contribution in [1.29, 1.82) is 0 Å². The summed E-state index contributed by atoms with van der Waals surface area (Å²) in [6.45, 7) is 2.79. The van der Waals surface area contributed by atoms with Crippen LogP contribution in [0.3, 0.4) is 0 Å². The molecule has 98 valence electrons. The van der Waals surface area contributed by atoms with E-state index in [4.69, 9.17) is 16.6 Å². The van der Waals surface area contributed by atoms with E-state index in [1.807, 2.05) is 0 Å². The van der Waals surface area contributed by atoms with Gasteiger partial charge in [-0.1, -0.05) is 6.08 Å². The van der Waals surface area contributed by atoms with Crippen LogP contribution >= 0.6 is 0 Å². The first-order valence-corrected chi connectivity index (χ1v) is 5.32. The van der Waals surface area contributed by atoms with Crippen LogP contribution in [0.15, 0.2) is 16.6 Å². The van der Waals surface area contributed by atoms with Crippen molar-refractivity contribution in [3.05, 3.63) is 11.6 Å². The summed E-state index contributed by atoms with van der Waals surface area (Å²) in [4.78, 5) is 14.7. The van der Waals surface area contributed by atoms with E-state index in [1.165, 1.54) is 6.92 Å². The van der Waals surface area contributed by atoms with Crippen LogP contribution in [0.25, 0.3) is 0 Å². The zero-order valence-corrected chi connectivity index (χ0v) is 10.2. The van der Waals surface area contributed by atoms with E-state index >= 15 is 0 Å². The molecule has 0 unspecified atom stereocenters. The number of rotatable bonds is 7. The highest BCUT2D eigenvalue weighted by molar-refractivity contribution is 5.78. The third-order valence-corrected chi connectivity index (χ3v) is 2.18. The predicted molar refractivity (Wildman–Crippen MR) is 65.7 cm³/mol. The van der Waals surface area contributed by atoms with E-state index < -0.39 is 18.2 Å². The second-order valence-electron chi connectivity index (χ2n) is 4.21. The van der Waals surface area contributed by atoms with E-state index in [9.17, 15) is 9.18 Å². The second kappa shape index (κ2) is 7.01. The van der Waals surface area contributed by atoms with Crippen molar-refractivity contribution in [1.82, 2.24) is 0 Å². The third kappa shape index (κ3) is 6.68. The number of amidine groups is 1. The fourth-order valence-corrected chi connectivity index (χ4v) is 1.23. The largest absolute Gasteiger partial charge is 0.480 e. The molecule has 0 spiro atoms. The number of alkyl halides is 1. The molecule has 5 N–H and O–H groups in total. The van der Waals surface area contributed by atoms with Crippen molar-refractivity contribution in [2.75, 3.05) is 13.2 Å². The van der Waals surface area contributed by atoms with E-state index in [2.05, 4.69) is 4.99 Å². The van der Waals surface area contributed by atoms with Gasteiger partial charge in [0.1, 0.15) is 12.2 Å². The summed E-state index contributed by atoms with van der Waals surface area (Å²) in [7, 11) is 0. The van der Waals surface area contributed by atoms with Gasteiger partial charge in [-0.2, -0.15) is 0 Å². The van der Waals surface area contributed by atoms with Gasteiger partial charge in [-0.05, 0) is 32.3 Å². The molecule has 0 aliphatic carbocycles. The minimum Gasteiger partial charge on any atom is -0.480 e. The smallest absolute Gasteiger partial charge is 0.323 e. The van der Waals surface area contributed by atoms with Gasteiger partial charge in [-0.15, -0.1) is 0 Å². The standard InChI is InChI=1S/C11H20FN3O2/c1-8(13)15-5-3-4-9(7-12)6-11(2,14)10(16)17/h4H,3,5-7,14H2,1-2H3,(H2,13,15)(H,16,17)/t11-/m0/s1. The van der Waals surface area contributed by atoms with Gasteiger partial charge >= 0.3 is 5.97 Å². The monoisotopic (exact) mass is 245 g/mol. The van der Waals surface area contributed by atoms with Gasteiger partial charge in [-0.3, -0.25) is 9.79 Å². The predicted octanol–water partition coefficient (Wildman–Crippen LogP) is 0.842. The summed E-state index contributed by atoms with van der Waals surface area (Å²) in [6, 6.07) is 0. The topological polar surface area (TPSA) is 102 Å². The van der Waals surface area contributed by atoms with Crippen LogP contribution in [-0.2, 0) is 4.79 Å². The van der Waals surface area contributed by atoms with E-state index in [0.717, 1.165) is 0 Å². The summed E-state index contributed by atoms with van der Waals surface area (Å²) < 4.78 is 12.7. The molecule has 5 nitrogen and oxygen atoms in total. The normalized spacial score (nSPS) is 16.7. The molecular weight excluding hydrogens is 225 g/mol. The Bertz CT molecular complexity index is 321. The molecule has 0 amide bonds. The maximum Gasteiger partial charge on any atom is 0.323 e. The minimum absolute atomic E-state index is 0.00977. The fourth-order valence-electron chi connectivity index (χ4n) is 1.23. The van der Waals surface area contributed by atoms with Crippen LogP contribution in [0.1, 0.15) is 26.7 Å². The van der Waals surface area contributed by atoms with E-state index in [0.29, 0.717) is 24.4 Å². The first kappa shape index (κ1) is 15.6. The molecule has 0 fully saturated rings. The average Bonchev–Trinajstić information content (AvgIpc) is 2.21. The summed E-state index contributed by atoms with van der Waals surface area (Å²) in [6.07, 6.45) is 2.13. The van der Waals surface area contributed by atoms with Crippen molar-refractivity contribution in [3.8, 4) is 0 Å². The summed E-state index contributed by atoms with van der Waals surface area (Å²) in [5, 5.41) is 8.82. The SMILES string of the molecule is CC(N)=NCCC=C(CF)C[C@](C)(N)C(=O)O. The summed E-state index contributed by atoms with van der Waals surface area (Å²) >= 11 is 0. The molecule has 1 atom stereocenters. The van der Waals surface area contributed by atoms with Crippen LogP contribution in [0, 0.1) is 0 Å². The molecule has 6 heteroatoms. The summed E-state index contributed by atoms with van der Waals surface area (Å²) in [5.41, 5.74) is 9.81. The van der Waals surface area contributed by atoms with Crippen molar-refractivity contribution in [2.45, 2.75) is 32.2 Å². The highest BCUT2D eigenvalue weighted by atomic mass is 19.1. The van der Waals surface area contributed by atoms with Gasteiger partial charge < -0.3 is 16.6 Å². The van der Waals surface area contributed by atoms with Gasteiger partial charge in [0, 0.05) is 6.54 Å². The highest BCUT2D eigenvalue weighted by Crippen LogP contribution is 2.15. The van der Waals surface area contributed by atoms with Crippen LogP contribution in [-0.4, -0.2) is 35.7 Å². The molecule has 17 heavy (non-hydrogen) atoms. The molecule has 0 saturated heterocycles. The molecule has 0 aliphatic heterocycles. The number of carbonyl (C=O) groups is 1. The molecular formula is C11H20FN3O2. The molecule has 0 saturated carbocycles. The number of aliphatic imine (C=N–C) groups is 1. The molecule has 0 heterocycles. The van der Waals surface area contributed by atoms with E-state index in [-0.39, 0.29) is 6.42 Å². The number of nitrogens with two attached hydrogens (primary N) is 2. The average molecular weight is 245 g/mol. The van der Waals surface area contributed by atoms with Crippen molar-refractivity contribution in [3.63, 3.8) is 0 Å². The Morgan fingerprint density at radius 3 is 2.59 bits per heavy atom. The quantitative estimate of drug-likeness (QED) is 0.268. The third-order valence-electron chi connectivity index (χ3n) is 2.18. The van der Waals surface area contributed by atoms with Crippen molar-refractivity contribution in [2.24, 2.45) is 16.5 Å². The number of nitrogens with zero attached hydrogens (tertiary/aromatic N) is 1. The number of halogens is 1. The molecule has 0 aromatic carbocycles. The first-order chi connectivity index (χ1) is 7.79. The Balaban J connectivity index is 4.38. The number of carboxylic acid groups (broad SMARTS) is 1. The van der Waals surface area contributed by atoms with Gasteiger partial charge in [-0.25, -0.2) is 4.39 Å². The Morgan fingerprint density at radius 1 is 1.59 bits per heavy atom. The lowest BCUT2D eigenvalue weighted by Crippen LogP contribution is -2.45. The van der Waals surface area contributed by atoms with Gasteiger partial charge in [0.25, 0.3) is 0 Å². The second-order valence-corrected chi connectivity index (χ2v) is 4.21. The molecule has 0 bridgehead atoms. The lowest BCUT2D eigenvalue weighted by Gasteiger charge is -2.19. The minimum atomic E-state index is -1.44. The van der Waals surface area contributed by atoms with E-state index in [1.54, 1.807) is 13.0 Å². The van der Waals surface area contributed by atoms with Crippen LogP contribution in [0.2, 0.25) is 0 Å². The number of aliphatic carboxylic acids is 1. The van der Waals surface area contributed by atoms with Gasteiger partial charge in [0.2, 0.25) is 0 Å². The first-order valence-electron chi connectivity index (χ1n) is 5.32. The molecule has 0 rings (SSSR count). The molecule has 0 aliphatic rings. The van der Waals surface area contributed by atoms with Crippen LogP contribution in [0.4, 0.5) is 4.39 Å². The highest BCUT2D eigenvalue weighted by Gasteiger charge is 2.28. The lowest BCUT2D eigenvalue weighted by atomic mass is 9.94. The number of hydrogen-bond acceptors (Lipinski definition) is 3. The Kier molecular flexibility index (Phi) is 6.42. The summed E-state index contributed by atoms with van der Waals surface area (Å²) in [5.74, 6) is -0.679. The molecule has 0 aromatic rings. The Hall–Kier alpha value is -1.43. The Morgan fingerprint density at radius 2 is 2.18 bits per heavy atom. The van der Waals surface area contributed by atoms with Crippen LogP contribution in [0.5, 0.6) is 0 Å². The van der Waals surface area contributed by atoms with Gasteiger partial charge in [0.05, 0.1) is 5.84 Å². The maximum atomic E-state index is 12.7. The maximum absolute atomic E-state index is 12.7. The molecule has 0 radical (unpaired) electrons. The van der Waals surface area contributed by atoms with Crippen molar-refractivity contribution < 1.29 is 14.3 Å². The number of hydrogen-bond donors (Lipinski definition) is 3. The van der Waals surface area contributed by atoms with Crippen LogP contribution < -0.4 is 11.5 Å². The Labute approximate surface area is 100 Å². The van der Waals surface area contributed by atoms with Gasteiger partial charge in [0.15, 0.2) is 0 Å².